The zero-order valence-electron chi connectivity index (χ0n) is 23.9. The van der Waals surface area contributed by atoms with Crippen molar-refractivity contribution >= 4 is 56.2 Å². The average molecular weight is 647 g/mol. The fourth-order valence-electron chi connectivity index (χ4n) is 5.86. The number of Topliss-reactive ketones (excluding diaryl/α,β-unsaturated/α-hetero) is 1. The number of ether oxygens (including phenoxy) is 1. The summed E-state index contributed by atoms with van der Waals surface area (Å²) in [7, 11) is 1.27. The number of methoxy groups -OCH3 is 1. The van der Waals surface area contributed by atoms with Crippen molar-refractivity contribution < 1.29 is 23.9 Å². The molecule has 1 saturated heterocycles. The van der Waals surface area contributed by atoms with Crippen LogP contribution in [0.25, 0.3) is 22.0 Å². The Balaban J connectivity index is 1.27. The maximum Gasteiger partial charge on any atom is 0.338 e. The van der Waals surface area contributed by atoms with Crippen molar-refractivity contribution in [2.75, 3.05) is 12.4 Å². The number of likely N-dealkylation sites (tertiary alicyclic amines) is 1. The summed E-state index contributed by atoms with van der Waals surface area (Å²) in [4.78, 5) is 66.3. The minimum absolute atomic E-state index is 0.0842. The Kier molecular flexibility index (Phi) is 7.07. The number of nitrogens with zero attached hydrogens (tertiary/aromatic N) is 6. The maximum absolute atomic E-state index is 13.8. The number of fused-ring (bicyclic) bond motifs is 2. The van der Waals surface area contributed by atoms with Gasteiger partial charge in [0, 0.05) is 36.3 Å². The third-order valence-electron chi connectivity index (χ3n) is 8.18. The number of aryl methyl sites for hydroxylation is 1. The number of hydrogen-bond acceptors (Lipinski definition) is 9. The van der Waals surface area contributed by atoms with Crippen molar-refractivity contribution in [2.24, 2.45) is 5.41 Å². The van der Waals surface area contributed by atoms with Crippen LogP contribution in [0.5, 0.6) is 0 Å². The number of anilines is 1. The van der Waals surface area contributed by atoms with Gasteiger partial charge in [0.1, 0.15) is 34.5 Å². The smallest absolute Gasteiger partial charge is 0.338 e. The van der Waals surface area contributed by atoms with E-state index < -0.39 is 17.9 Å². The highest BCUT2D eigenvalue weighted by Crippen LogP contribution is 2.59. The Bertz CT molecular complexity index is 1820. The molecule has 2 fully saturated rings. The maximum atomic E-state index is 13.8. The Hall–Kier alpha value is -4.52. The number of rotatable bonds is 7. The van der Waals surface area contributed by atoms with E-state index in [-0.39, 0.29) is 46.8 Å². The third kappa shape index (κ3) is 5.29. The Labute approximate surface area is 255 Å². The van der Waals surface area contributed by atoms with Gasteiger partial charge >= 0.3 is 5.97 Å². The number of hydrogen-bond donors (Lipinski definition) is 1. The zero-order chi connectivity index (χ0) is 30.6. The van der Waals surface area contributed by atoms with E-state index in [0.29, 0.717) is 27.8 Å². The van der Waals surface area contributed by atoms with Crippen LogP contribution in [0.3, 0.4) is 0 Å². The number of benzene rings is 1. The summed E-state index contributed by atoms with van der Waals surface area (Å²) >= 11 is 3.26. The number of piperidine rings is 1. The van der Waals surface area contributed by atoms with E-state index in [1.165, 1.54) is 30.8 Å². The lowest BCUT2D eigenvalue weighted by atomic mass is 10.0. The summed E-state index contributed by atoms with van der Waals surface area (Å²) in [5, 5.41) is 7.90. The first-order valence-corrected chi connectivity index (χ1v) is 14.4. The zero-order valence-corrected chi connectivity index (χ0v) is 25.5. The number of aromatic nitrogens is 5. The quantitative estimate of drug-likeness (QED) is 0.179. The molecule has 1 aliphatic carbocycles. The van der Waals surface area contributed by atoms with Gasteiger partial charge in [-0.15, -0.1) is 0 Å². The molecule has 0 radical (unpaired) electrons. The minimum atomic E-state index is -0.735. The summed E-state index contributed by atoms with van der Waals surface area (Å²) < 4.78 is 6.66. The van der Waals surface area contributed by atoms with Crippen LogP contribution in [0, 0.1) is 12.3 Å². The van der Waals surface area contributed by atoms with Crippen LogP contribution in [0.1, 0.15) is 53.4 Å². The minimum Gasteiger partial charge on any atom is -0.465 e. The largest absolute Gasteiger partial charge is 0.465 e. The molecule has 3 atom stereocenters. The van der Waals surface area contributed by atoms with Crippen molar-refractivity contribution in [2.45, 2.75) is 52.2 Å². The summed E-state index contributed by atoms with van der Waals surface area (Å²) in [6, 6.07) is 7.65. The number of carbonyl (C=O) groups is 4. The molecule has 1 aliphatic heterocycles. The molecule has 0 bridgehead atoms. The molecule has 4 aromatic rings. The molecule has 0 unspecified atom stereocenters. The number of halogens is 1. The van der Waals surface area contributed by atoms with Gasteiger partial charge in [0.15, 0.2) is 5.78 Å². The number of pyridine rings is 1. The van der Waals surface area contributed by atoms with Gasteiger partial charge in [-0.05, 0) is 70.9 Å². The van der Waals surface area contributed by atoms with Gasteiger partial charge in [0.25, 0.3) is 0 Å². The molecule has 6 rings (SSSR count). The van der Waals surface area contributed by atoms with Gasteiger partial charge in [-0.2, -0.15) is 5.10 Å². The molecule has 12 nitrogen and oxygen atoms in total. The summed E-state index contributed by atoms with van der Waals surface area (Å²) in [5.41, 5.74) is 2.56. The number of ketones is 1. The van der Waals surface area contributed by atoms with E-state index in [9.17, 15) is 19.2 Å². The number of nitrogens with one attached hydrogen (secondary N) is 1. The van der Waals surface area contributed by atoms with Gasteiger partial charge in [0.05, 0.1) is 18.2 Å². The first kappa shape index (κ1) is 28.6. The summed E-state index contributed by atoms with van der Waals surface area (Å²) in [6.07, 6.45) is 4.73. The molecule has 1 aromatic carbocycles. The fraction of sp³-hybridized carbons (Fsp3) is 0.333. The molecule has 13 heteroatoms. The van der Waals surface area contributed by atoms with Crippen LogP contribution in [0.4, 0.5) is 5.82 Å². The van der Waals surface area contributed by atoms with Crippen LogP contribution in [-0.2, 0) is 20.9 Å². The van der Waals surface area contributed by atoms with E-state index in [1.54, 1.807) is 24.2 Å². The molecule has 0 spiro atoms. The third-order valence-corrected chi connectivity index (χ3v) is 8.58. The molecular weight excluding hydrogens is 618 g/mol. The van der Waals surface area contributed by atoms with Crippen molar-refractivity contribution in [1.82, 2.24) is 29.6 Å². The van der Waals surface area contributed by atoms with E-state index in [1.807, 2.05) is 18.2 Å². The van der Waals surface area contributed by atoms with Crippen molar-refractivity contribution in [3.63, 3.8) is 0 Å². The first-order chi connectivity index (χ1) is 20.5. The highest BCUT2D eigenvalue weighted by Gasteiger charge is 2.64. The lowest BCUT2D eigenvalue weighted by Gasteiger charge is -2.27. The number of amides is 2. The van der Waals surface area contributed by atoms with Gasteiger partial charge in [-0.3, -0.25) is 19.1 Å². The van der Waals surface area contributed by atoms with Gasteiger partial charge in [-0.25, -0.2) is 19.7 Å². The van der Waals surface area contributed by atoms with Gasteiger partial charge in [0.2, 0.25) is 11.8 Å². The molecule has 2 aliphatic rings. The number of carbonyl (C=O) groups excluding carboxylic acids is 4. The fourth-order valence-corrected chi connectivity index (χ4v) is 6.29. The predicted molar refractivity (Wildman–Crippen MR) is 159 cm³/mol. The summed E-state index contributed by atoms with van der Waals surface area (Å²) in [5.74, 6) is -0.658. The highest BCUT2D eigenvalue weighted by atomic mass is 79.9. The van der Waals surface area contributed by atoms with Crippen LogP contribution in [-0.4, -0.2) is 72.4 Å². The molecule has 220 valence electrons. The molecule has 2 amide bonds. The Morgan fingerprint density at radius 2 is 1.84 bits per heavy atom. The van der Waals surface area contributed by atoms with E-state index >= 15 is 0 Å². The van der Waals surface area contributed by atoms with Crippen molar-refractivity contribution in [3.8, 4) is 11.1 Å². The normalized spacial score (nSPS) is 20.5. The predicted octanol–water partition coefficient (Wildman–Crippen LogP) is 3.97. The Morgan fingerprint density at radius 3 is 2.53 bits per heavy atom. The van der Waals surface area contributed by atoms with E-state index in [2.05, 4.69) is 48.2 Å². The Morgan fingerprint density at radius 1 is 1.09 bits per heavy atom. The van der Waals surface area contributed by atoms with E-state index in [4.69, 9.17) is 4.74 Å². The van der Waals surface area contributed by atoms with Crippen LogP contribution < -0.4 is 5.32 Å². The lowest BCUT2D eigenvalue weighted by molar-refractivity contribution is -0.138. The monoisotopic (exact) mass is 645 g/mol. The number of esters is 1. The van der Waals surface area contributed by atoms with Crippen LogP contribution in [0.2, 0.25) is 0 Å². The second-order valence-corrected chi connectivity index (χ2v) is 12.1. The highest BCUT2D eigenvalue weighted by molar-refractivity contribution is 9.10. The molecule has 43 heavy (non-hydrogen) atoms. The van der Waals surface area contributed by atoms with Crippen molar-refractivity contribution in [3.05, 3.63) is 64.4 Å². The first-order valence-electron chi connectivity index (χ1n) is 13.7. The van der Waals surface area contributed by atoms with Gasteiger partial charge in [-0.1, -0.05) is 13.0 Å². The lowest BCUT2D eigenvalue weighted by Crippen LogP contribution is -2.46. The van der Waals surface area contributed by atoms with Crippen LogP contribution in [0.15, 0.2) is 47.3 Å². The SMILES string of the molecule is COC(=O)c1cc(Br)nc(NC(=O)[C@@H]2C[C@@]3(C)C[C@H]3N2C(=O)Cn2nc(C(C)=O)c3cc(-c4cnc(C)nc4)ccc32)c1. The van der Waals surface area contributed by atoms with Gasteiger partial charge < -0.3 is 15.0 Å². The topological polar surface area (TPSA) is 149 Å². The van der Waals surface area contributed by atoms with E-state index in [0.717, 1.165) is 17.5 Å². The average Bonchev–Trinajstić information content (AvgIpc) is 3.34. The molecule has 1 N–H and O–H groups in total. The molecule has 3 aromatic heterocycles. The molecular formula is C30H28BrN7O5. The second-order valence-electron chi connectivity index (χ2n) is 11.3. The molecule has 4 heterocycles. The summed E-state index contributed by atoms with van der Waals surface area (Å²) in [6.45, 7) is 5.16. The van der Waals surface area contributed by atoms with Crippen LogP contribution >= 0.6 is 15.9 Å². The van der Waals surface area contributed by atoms with Crippen molar-refractivity contribution in [1.29, 1.82) is 0 Å². The molecule has 1 saturated carbocycles. The standard InChI is InChI=1S/C30H28BrN7O5/c1-15(39)27-20-7-17(19-12-32-16(2)33-13-19)5-6-21(20)37(36-27)14-26(40)38-22(10-30(3)11-23(30)38)28(41)35-25-9-18(29(42)43-4)8-24(31)34-25/h5-9,12-13,22-23H,10-11,14H2,1-4H3,(H,34,35,41)/t22-,23+,30-/m0/s1. The second kappa shape index (κ2) is 10.6.